The lowest BCUT2D eigenvalue weighted by Crippen LogP contribution is -2.13. The van der Waals surface area contributed by atoms with Gasteiger partial charge in [-0.25, -0.2) is 9.19 Å². The largest absolute Gasteiger partial charge is 0.486 e. The van der Waals surface area contributed by atoms with E-state index in [0.29, 0.717) is 43.8 Å². The van der Waals surface area contributed by atoms with Crippen LogP contribution in [0.25, 0.3) is 10.9 Å². The molecule has 3 aromatic heterocycles. The number of fused-ring (bicyclic) bond motifs is 1. The molecule has 0 bridgehead atoms. The number of hydrogen-bond donors (Lipinski definition) is 2. The second-order valence-electron chi connectivity index (χ2n) is 7.68. The number of benzene rings is 1. The smallest absolute Gasteiger partial charge is 0.277 e. The topological polar surface area (TPSA) is 122 Å². The van der Waals surface area contributed by atoms with E-state index >= 15 is 0 Å². The van der Waals surface area contributed by atoms with E-state index in [1.807, 2.05) is 6.92 Å². The van der Waals surface area contributed by atoms with Gasteiger partial charge in [-0.2, -0.15) is 9.46 Å². The Morgan fingerprint density at radius 3 is 2.53 bits per heavy atom. The molecule has 12 heteroatoms. The molecule has 0 saturated carbocycles. The average molecular weight is 519 g/mol. The molecule has 1 atom stereocenters. The number of pyridine rings is 2. The number of amides is 1. The van der Waals surface area contributed by atoms with E-state index in [0.717, 1.165) is 0 Å². The molecular weight excluding hydrogens is 499 g/mol. The van der Waals surface area contributed by atoms with Crippen molar-refractivity contribution in [3.05, 3.63) is 70.2 Å². The maximum absolute atomic E-state index is 12.9. The first-order chi connectivity index (χ1) is 16.1. The van der Waals surface area contributed by atoms with Crippen molar-refractivity contribution in [3.8, 4) is 5.75 Å². The molecule has 0 aliphatic carbocycles. The molecule has 0 spiro atoms. The minimum atomic E-state index is -2.30. The van der Waals surface area contributed by atoms with Crippen LogP contribution < -0.4 is 10.1 Å². The van der Waals surface area contributed by atoms with Gasteiger partial charge in [0.2, 0.25) is 0 Å². The van der Waals surface area contributed by atoms with Crippen LogP contribution >= 0.6 is 23.2 Å². The van der Waals surface area contributed by atoms with Gasteiger partial charge in [-0.15, -0.1) is 0 Å². The lowest BCUT2D eigenvalue weighted by atomic mass is 10.1. The average Bonchev–Trinajstić information content (AvgIpc) is 3.17. The summed E-state index contributed by atoms with van der Waals surface area (Å²) in [6, 6.07) is 8.43. The summed E-state index contributed by atoms with van der Waals surface area (Å²) >= 11 is 12.5. The summed E-state index contributed by atoms with van der Waals surface area (Å²) in [5.74, 6) is 0.358. The van der Waals surface area contributed by atoms with E-state index in [1.54, 1.807) is 30.3 Å². The molecule has 0 radical (unpaired) electrons. The summed E-state index contributed by atoms with van der Waals surface area (Å²) in [5, 5.41) is 11.0. The van der Waals surface area contributed by atoms with Crippen LogP contribution in [0.2, 0.25) is 10.0 Å². The van der Waals surface area contributed by atoms with Crippen LogP contribution in [0.15, 0.2) is 53.3 Å². The van der Waals surface area contributed by atoms with E-state index in [4.69, 9.17) is 27.9 Å². The van der Waals surface area contributed by atoms with Crippen LogP contribution in [0.4, 0.5) is 11.5 Å². The molecule has 9 nitrogen and oxygen atoms in total. The Morgan fingerprint density at radius 1 is 1.15 bits per heavy atom. The Morgan fingerprint density at radius 2 is 1.88 bits per heavy atom. The maximum Gasteiger partial charge on any atom is 0.277 e. The molecule has 4 rings (SSSR count). The molecule has 0 fully saturated rings. The Bertz CT molecular complexity index is 1470. The minimum Gasteiger partial charge on any atom is -0.486 e. The van der Waals surface area contributed by atoms with Crippen LogP contribution in [0, 0.1) is 0 Å². The van der Waals surface area contributed by atoms with Crippen molar-refractivity contribution >= 4 is 61.2 Å². The number of carbonyl (C=O) groups excluding carboxylic acids is 1. The fourth-order valence-corrected chi connectivity index (χ4v) is 4.54. The van der Waals surface area contributed by atoms with Crippen LogP contribution in [0.3, 0.4) is 0 Å². The number of aromatic nitrogens is 4. The molecule has 0 aliphatic rings. The highest BCUT2D eigenvalue weighted by Crippen LogP contribution is 2.33. The number of ether oxygens (including phenoxy) is 1. The molecular formula is C22H20Cl2N6O3S. The van der Waals surface area contributed by atoms with Crippen molar-refractivity contribution in [3.63, 3.8) is 0 Å². The zero-order chi connectivity index (χ0) is 24.5. The quantitative estimate of drug-likeness (QED) is 0.351. The fourth-order valence-electron chi connectivity index (χ4n) is 3.26. The summed E-state index contributed by atoms with van der Waals surface area (Å²) < 4.78 is 21.9. The fraction of sp³-hybridized carbons (Fsp3) is 0.182. The molecule has 176 valence electrons. The summed E-state index contributed by atoms with van der Waals surface area (Å²) in [7, 11) is -2.30. The van der Waals surface area contributed by atoms with Crippen molar-refractivity contribution < 1.29 is 13.7 Å². The predicted molar refractivity (Wildman–Crippen MR) is 134 cm³/mol. The van der Waals surface area contributed by atoms with Gasteiger partial charge in [0.1, 0.15) is 17.7 Å². The van der Waals surface area contributed by atoms with Crippen LogP contribution in [0.1, 0.15) is 29.1 Å². The third-order valence-electron chi connectivity index (χ3n) is 4.67. The van der Waals surface area contributed by atoms with E-state index in [1.165, 1.54) is 31.1 Å². The van der Waals surface area contributed by atoms with Crippen molar-refractivity contribution in [2.24, 2.45) is 4.36 Å². The highest BCUT2D eigenvalue weighted by Gasteiger charge is 2.19. The van der Waals surface area contributed by atoms with E-state index in [9.17, 15) is 9.00 Å². The first-order valence-corrected chi connectivity index (χ1v) is 13.1. The Kier molecular flexibility index (Phi) is 6.74. The molecule has 0 saturated heterocycles. The molecule has 4 aromatic rings. The third-order valence-corrected chi connectivity index (χ3v) is 5.93. The first-order valence-electron chi connectivity index (χ1n) is 9.99. The molecule has 3 heterocycles. The lowest BCUT2D eigenvalue weighted by Gasteiger charge is -2.17. The monoisotopic (exact) mass is 518 g/mol. The Hall–Kier alpha value is -3.21. The number of H-pyrrole nitrogens is 1. The summed E-state index contributed by atoms with van der Waals surface area (Å²) in [6.07, 6.45) is 7.05. The zero-order valence-electron chi connectivity index (χ0n) is 18.4. The maximum atomic E-state index is 12.9. The first kappa shape index (κ1) is 23.9. The van der Waals surface area contributed by atoms with E-state index in [2.05, 4.69) is 29.8 Å². The standard InChI is InChI=1S/C22H20Cl2N6O3S/c1-12(20-16(23)10-25-11-17(20)24)33-14-5-6-18-15(8-14)21(29-28-18)22(31)27-19-7-4-13(9-26-19)30-34(2,3)32/h4-12H,1-3H3,(H,28,29)(H,26,27,31). The van der Waals surface area contributed by atoms with Gasteiger partial charge in [0.05, 0.1) is 27.4 Å². The van der Waals surface area contributed by atoms with E-state index < -0.39 is 21.7 Å². The number of rotatable bonds is 6. The van der Waals surface area contributed by atoms with Gasteiger partial charge < -0.3 is 10.1 Å². The van der Waals surface area contributed by atoms with Gasteiger partial charge in [0, 0.05) is 45.6 Å². The van der Waals surface area contributed by atoms with Crippen molar-refractivity contribution in [2.75, 3.05) is 17.8 Å². The number of nitrogens with zero attached hydrogens (tertiary/aromatic N) is 4. The van der Waals surface area contributed by atoms with Gasteiger partial charge in [-0.3, -0.25) is 14.9 Å². The minimum absolute atomic E-state index is 0.175. The second kappa shape index (κ2) is 9.57. The van der Waals surface area contributed by atoms with Crippen LogP contribution in [-0.2, 0) is 9.73 Å². The summed E-state index contributed by atoms with van der Waals surface area (Å²) in [6.45, 7) is 1.82. The Balaban J connectivity index is 1.55. The lowest BCUT2D eigenvalue weighted by molar-refractivity contribution is 0.102. The number of hydrogen-bond acceptors (Lipinski definition) is 7. The molecule has 0 aliphatic heterocycles. The SMILES string of the molecule is CC(Oc1ccc2[nH]nc(C(=O)Nc3ccc(N=S(C)(C)=O)cn3)c2c1)c1c(Cl)cncc1Cl. The van der Waals surface area contributed by atoms with Gasteiger partial charge in [0.25, 0.3) is 5.91 Å². The zero-order valence-corrected chi connectivity index (χ0v) is 20.7. The van der Waals surface area contributed by atoms with Gasteiger partial charge in [-0.1, -0.05) is 23.2 Å². The van der Waals surface area contributed by atoms with Crippen molar-refractivity contribution in [2.45, 2.75) is 13.0 Å². The van der Waals surface area contributed by atoms with Crippen LogP contribution in [0.5, 0.6) is 5.75 Å². The number of halogens is 2. The second-order valence-corrected chi connectivity index (χ2v) is 11.0. The molecule has 2 N–H and O–H groups in total. The number of aromatic amines is 1. The molecule has 1 amide bonds. The normalized spacial score (nSPS) is 12.4. The number of anilines is 1. The number of nitrogens with one attached hydrogen (secondary N) is 2. The summed E-state index contributed by atoms with van der Waals surface area (Å²) in [5.41, 5.74) is 1.91. The van der Waals surface area contributed by atoms with Gasteiger partial charge in [-0.05, 0) is 37.3 Å². The van der Waals surface area contributed by atoms with Crippen LogP contribution in [-0.4, -0.2) is 42.8 Å². The van der Waals surface area contributed by atoms with Gasteiger partial charge >= 0.3 is 0 Å². The van der Waals surface area contributed by atoms with Crippen molar-refractivity contribution in [1.29, 1.82) is 0 Å². The van der Waals surface area contributed by atoms with E-state index in [-0.39, 0.29) is 5.69 Å². The molecule has 1 unspecified atom stereocenters. The number of carbonyl (C=O) groups is 1. The summed E-state index contributed by atoms with van der Waals surface area (Å²) in [4.78, 5) is 21.0. The Labute approximate surface area is 206 Å². The highest BCUT2D eigenvalue weighted by atomic mass is 35.5. The molecule has 34 heavy (non-hydrogen) atoms. The van der Waals surface area contributed by atoms with Crippen molar-refractivity contribution in [1.82, 2.24) is 20.2 Å². The molecule has 1 aromatic carbocycles. The third kappa shape index (κ3) is 5.46. The van der Waals surface area contributed by atoms with Gasteiger partial charge in [0.15, 0.2) is 5.69 Å². The predicted octanol–water partition coefficient (Wildman–Crippen LogP) is 5.41. The highest BCUT2D eigenvalue weighted by molar-refractivity contribution is 7.92.